The van der Waals surface area contributed by atoms with Crippen LogP contribution in [0, 0.1) is 0 Å². The Morgan fingerprint density at radius 2 is 1.38 bits per heavy atom. The molecule has 0 aliphatic heterocycles. The number of amides is 2. The van der Waals surface area contributed by atoms with Gasteiger partial charge in [0.05, 0.1) is 22.0 Å². The van der Waals surface area contributed by atoms with E-state index in [1.54, 1.807) is 72.8 Å². The van der Waals surface area contributed by atoms with E-state index < -0.39 is 18.5 Å². The Hall–Kier alpha value is -3.64. The van der Waals surface area contributed by atoms with Crippen LogP contribution in [-0.2, 0) is 9.53 Å². The fraction of sp³-hybridized carbons (Fsp3) is 0.0455. The predicted octanol–water partition coefficient (Wildman–Crippen LogP) is 4.39. The van der Waals surface area contributed by atoms with E-state index in [1.807, 2.05) is 0 Å². The third-order valence-corrected chi connectivity index (χ3v) is 4.24. The van der Waals surface area contributed by atoms with E-state index in [0.29, 0.717) is 16.3 Å². The second kappa shape index (κ2) is 9.52. The Bertz CT molecular complexity index is 1040. The van der Waals surface area contributed by atoms with Crippen LogP contribution in [-0.4, -0.2) is 24.4 Å². The molecule has 146 valence electrons. The van der Waals surface area contributed by atoms with Crippen molar-refractivity contribution in [1.82, 2.24) is 0 Å². The summed E-state index contributed by atoms with van der Waals surface area (Å²) >= 11 is 5.98. The van der Waals surface area contributed by atoms with Crippen molar-refractivity contribution in [1.29, 1.82) is 0 Å². The van der Waals surface area contributed by atoms with Gasteiger partial charge in [0.25, 0.3) is 11.8 Å². The third-order valence-electron chi connectivity index (χ3n) is 3.91. The molecule has 0 aliphatic carbocycles. The molecule has 0 radical (unpaired) electrons. The average Bonchev–Trinajstić information content (AvgIpc) is 2.74. The van der Waals surface area contributed by atoms with Crippen LogP contribution in [0.5, 0.6) is 0 Å². The fourth-order valence-corrected chi connectivity index (χ4v) is 2.69. The summed E-state index contributed by atoms with van der Waals surface area (Å²) in [6, 6.07) is 21.7. The lowest BCUT2D eigenvalue weighted by Crippen LogP contribution is -2.22. The molecule has 3 rings (SSSR count). The number of halogens is 1. The number of nitrogens with one attached hydrogen (secondary N) is 2. The number of benzene rings is 3. The van der Waals surface area contributed by atoms with Gasteiger partial charge in [0, 0.05) is 5.56 Å². The second-order valence-electron chi connectivity index (χ2n) is 5.97. The summed E-state index contributed by atoms with van der Waals surface area (Å²) in [5, 5.41) is 5.63. The Balaban J connectivity index is 1.63. The van der Waals surface area contributed by atoms with Gasteiger partial charge in [0.1, 0.15) is 0 Å². The van der Waals surface area contributed by atoms with Crippen LogP contribution in [0.15, 0.2) is 78.9 Å². The number of hydrogen-bond acceptors (Lipinski definition) is 4. The lowest BCUT2D eigenvalue weighted by Gasteiger charge is -2.11. The molecule has 0 aromatic heterocycles. The van der Waals surface area contributed by atoms with Crippen LogP contribution >= 0.6 is 11.6 Å². The normalized spacial score (nSPS) is 10.1. The molecule has 3 aromatic rings. The van der Waals surface area contributed by atoms with Crippen molar-refractivity contribution in [3.05, 3.63) is 95.0 Å². The highest BCUT2D eigenvalue weighted by atomic mass is 35.5. The highest BCUT2D eigenvalue weighted by Gasteiger charge is 2.16. The van der Waals surface area contributed by atoms with E-state index in [4.69, 9.17) is 16.3 Å². The average molecular weight is 409 g/mol. The highest BCUT2D eigenvalue weighted by Crippen LogP contribution is 2.21. The summed E-state index contributed by atoms with van der Waals surface area (Å²) in [5.41, 5.74) is 1.31. The van der Waals surface area contributed by atoms with Crippen LogP contribution in [0.4, 0.5) is 11.4 Å². The molecule has 2 N–H and O–H groups in total. The van der Waals surface area contributed by atoms with Gasteiger partial charge in [0.2, 0.25) is 0 Å². The number of esters is 1. The predicted molar refractivity (Wildman–Crippen MR) is 111 cm³/mol. The molecular formula is C22H17ClN2O4. The summed E-state index contributed by atoms with van der Waals surface area (Å²) in [7, 11) is 0. The zero-order valence-corrected chi connectivity index (χ0v) is 16.0. The Labute approximate surface area is 172 Å². The minimum absolute atomic E-state index is 0.141. The van der Waals surface area contributed by atoms with Crippen LogP contribution < -0.4 is 10.6 Å². The summed E-state index contributed by atoms with van der Waals surface area (Å²) in [6.45, 7) is -0.495. The zero-order valence-electron chi connectivity index (χ0n) is 15.2. The van der Waals surface area contributed by atoms with E-state index >= 15 is 0 Å². The van der Waals surface area contributed by atoms with Crippen molar-refractivity contribution in [3.63, 3.8) is 0 Å². The van der Waals surface area contributed by atoms with Gasteiger partial charge in [-0.1, -0.05) is 54.1 Å². The molecule has 2 amide bonds. The maximum absolute atomic E-state index is 12.4. The molecule has 0 bridgehead atoms. The first-order valence-electron chi connectivity index (χ1n) is 8.71. The number of rotatable bonds is 6. The Morgan fingerprint density at radius 1 is 0.759 bits per heavy atom. The maximum atomic E-state index is 12.4. The monoisotopic (exact) mass is 408 g/mol. The van der Waals surface area contributed by atoms with E-state index in [2.05, 4.69) is 10.6 Å². The van der Waals surface area contributed by atoms with E-state index in [-0.39, 0.29) is 17.2 Å². The number of anilines is 2. The summed E-state index contributed by atoms with van der Waals surface area (Å²) in [4.78, 5) is 36.8. The van der Waals surface area contributed by atoms with Gasteiger partial charge in [-0.25, -0.2) is 4.79 Å². The Morgan fingerprint density at radius 3 is 2.10 bits per heavy atom. The summed E-state index contributed by atoms with van der Waals surface area (Å²) in [6.07, 6.45) is 0. The molecule has 0 saturated heterocycles. The quantitative estimate of drug-likeness (QED) is 0.592. The fourth-order valence-electron chi connectivity index (χ4n) is 2.51. The van der Waals surface area contributed by atoms with Gasteiger partial charge in [-0.2, -0.15) is 0 Å². The first-order chi connectivity index (χ1) is 14.0. The van der Waals surface area contributed by atoms with Gasteiger partial charge < -0.3 is 15.4 Å². The number of ether oxygens (including phenoxy) is 1. The Kier molecular flexibility index (Phi) is 6.60. The molecule has 0 fully saturated rings. The number of para-hydroxylation sites is 2. The summed E-state index contributed by atoms with van der Waals surface area (Å²) < 4.78 is 5.08. The van der Waals surface area contributed by atoms with Crippen molar-refractivity contribution in [2.45, 2.75) is 0 Å². The van der Waals surface area contributed by atoms with Crippen molar-refractivity contribution in [3.8, 4) is 0 Å². The third kappa shape index (κ3) is 5.43. The van der Waals surface area contributed by atoms with Crippen LogP contribution in [0.25, 0.3) is 0 Å². The number of carbonyl (C=O) groups is 3. The molecule has 29 heavy (non-hydrogen) atoms. The minimum Gasteiger partial charge on any atom is -0.452 e. The van der Waals surface area contributed by atoms with Crippen LogP contribution in [0.2, 0.25) is 5.02 Å². The van der Waals surface area contributed by atoms with Gasteiger partial charge in [0.15, 0.2) is 6.61 Å². The van der Waals surface area contributed by atoms with Crippen LogP contribution in [0.1, 0.15) is 20.7 Å². The molecule has 6 nitrogen and oxygen atoms in total. The maximum Gasteiger partial charge on any atom is 0.340 e. The smallest absolute Gasteiger partial charge is 0.340 e. The molecule has 0 saturated carbocycles. The molecule has 0 spiro atoms. The first-order valence-corrected chi connectivity index (χ1v) is 9.09. The van der Waals surface area contributed by atoms with E-state index in [1.165, 1.54) is 6.07 Å². The van der Waals surface area contributed by atoms with Crippen molar-refractivity contribution in [2.75, 3.05) is 17.2 Å². The standard InChI is InChI=1S/C22H17ClN2O4/c23-17-11-5-7-13-19(17)24-20(26)14-29-22(28)16-10-4-6-12-18(16)25-21(27)15-8-2-1-3-9-15/h1-13H,14H2,(H,24,26)(H,25,27). The van der Waals surface area contributed by atoms with Crippen molar-refractivity contribution >= 4 is 40.8 Å². The van der Waals surface area contributed by atoms with E-state index in [0.717, 1.165) is 0 Å². The zero-order chi connectivity index (χ0) is 20.6. The van der Waals surface area contributed by atoms with E-state index in [9.17, 15) is 14.4 Å². The highest BCUT2D eigenvalue weighted by molar-refractivity contribution is 6.33. The van der Waals surface area contributed by atoms with Gasteiger partial charge >= 0.3 is 5.97 Å². The van der Waals surface area contributed by atoms with Gasteiger partial charge in [-0.15, -0.1) is 0 Å². The molecule has 7 heteroatoms. The SMILES string of the molecule is O=C(COC(=O)c1ccccc1NC(=O)c1ccccc1)Nc1ccccc1Cl. The topological polar surface area (TPSA) is 84.5 Å². The molecule has 0 atom stereocenters. The van der Waals surface area contributed by atoms with Gasteiger partial charge in [-0.05, 0) is 36.4 Å². The van der Waals surface area contributed by atoms with Crippen LogP contribution in [0.3, 0.4) is 0 Å². The largest absolute Gasteiger partial charge is 0.452 e. The number of hydrogen-bond donors (Lipinski definition) is 2. The lowest BCUT2D eigenvalue weighted by atomic mass is 10.1. The van der Waals surface area contributed by atoms with Crippen molar-refractivity contribution in [2.24, 2.45) is 0 Å². The lowest BCUT2D eigenvalue weighted by molar-refractivity contribution is -0.119. The van der Waals surface area contributed by atoms with Crippen molar-refractivity contribution < 1.29 is 19.1 Å². The molecule has 0 unspecified atom stereocenters. The molecule has 0 aliphatic rings. The summed E-state index contributed by atoms with van der Waals surface area (Å²) in [5.74, 6) is -1.62. The second-order valence-corrected chi connectivity index (χ2v) is 6.38. The molecule has 0 heterocycles. The molecule has 3 aromatic carbocycles. The first kappa shape index (κ1) is 20.1. The van der Waals surface area contributed by atoms with Gasteiger partial charge in [-0.3, -0.25) is 9.59 Å². The molecular weight excluding hydrogens is 392 g/mol. The number of carbonyl (C=O) groups excluding carboxylic acids is 3. The minimum atomic E-state index is -0.733.